The molecule has 1 heterocycles. The first-order chi connectivity index (χ1) is 5.81. The molecule has 0 bridgehead atoms. The molecule has 0 aliphatic carbocycles. The van der Waals surface area contributed by atoms with Gasteiger partial charge in [-0.05, 0) is 25.3 Å². The molecular weight excluding hydrogens is 208 g/mol. The Hall–Kier alpha value is -0.430. The first-order valence-corrected chi connectivity index (χ1v) is 6.09. The van der Waals surface area contributed by atoms with E-state index in [0.29, 0.717) is 0 Å². The van der Waals surface area contributed by atoms with Gasteiger partial charge in [-0.15, -0.1) is 11.3 Å². The number of nitrogens with one attached hydrogen (secondary N) is 1. The Morgan fingerprint density at radius 2 is 2.15 bits per heavy atom. The number of thiophene rings is 1. The summed E-state index contributed by atoms with van der Waals surface area (Å²) in [5.41, 5.74) is -0.637. The van der Waals surface area contributed by atoms with Crippen molar-refractivity contribution in [2.24, 2.45) is 5.14 Å². The van der Waals surface area contributed by atoms with E-state index in [4.69, 9.17) is 5.14 Å². The van der Waals surface area contributed by atoms with E-state index in [1.165, 1.54) is 11.3 Å². The summed E-state index contributed by atoms with van der Waals surface area (Å²) < 4.78 is 24.0. The Bertz CT molecular complexity index is 367. The molecule has 0 atom stereocenters. The lowest BCUT2D eigenvalue weighted by Gasteiger charge is -2.22. The minimum absolute atomic E-state index is 0.637. The van der Waals surface area contributed by atoms with Crippen molar-refractivity contribution in [2.75, 3.05) is 0 Å². The van der Waals surface area contributed by atoms with Gasteiger partial charge < -0.3 is 0 Å². The molecule has 4 nitrogen and oxygen atoms in total. The molecule has 13 heavy (non-hydrogen) atoms. The Morgan fingerprint density at radius 3 is 2.54 bits per heavy atom. The minimum Gasteiger partial charge on any atom is -0.216 e. The van der Waals surface area contributed by atoms with Crippen molar-refractivity contribution in [3.63, 3.8) is 0 Å². The van der Waals surface area contributed by atoms with Gasteiger partial charge in [0.05, 0.1) is 5.54 Å². The highest BCUT2D eigenvalue weighted by Gasteiger charge is 2.25. The molecule has 1 rings (SSSR count). The third-order valence-electron chi connectivity index (χ3n) is 1.53. The minimum atomic E-state index is -3.65. The van der Waals surface area contributed by atoms with E-state index < -0.39 is 15.7 Å². The van der Waals surface area contributed by atoms with E-state index in [2.05, 4.69) is 4.72 Å². The molecule has 0 aliphatic rings. The molecule has 0 spiro atoms. The highest BCUT2D eigenvalue weighted by molar-refractivity contribution is 7.87. The summed E-state index contributed by atoms with van der Waals surface area (Å²) in [6.45, 7) is 3.53. The summed E-state index contributed by atoms with van der Waals surface area (Å²) >= 11 is 1.49. The second-order valence-corrected chi connectivity index (χ2v) is 5.49. The smallest absolute Gasteiger partial charge is 0.216 e. The Labute approximate surface area is 82.0 Å². The highest BCUT2D eigenvalue weighted by Crippen LogP contribution is 2.24. The van der Waals surface area contributed by atoms with Crippen molar-refractivity contribution >= 4 is 21.5 Å². The third-order valence-corrected chi connectivity index (χ3v) is 3.52. The molecule has 0 amide bonds. The fourth-order valence-electron chi connectivity index (χ4n) is 1.04. The van der Waals surface area contributed by atoms with Crippen LogP contribution in [0.15, 0.2) is 17.5 Å². The molecule has 0 saturated heterocycles. The lowest BCUT2D eigenvalue weighted by atomic mass is 10.1. The van der Waals surface area contributed by atoms with Crippen LogP contribution >= 0.6 is 11.3 Å². The van der Waals surface area contributed by atoms with Crippen molar-refractivity contribution in [1.82, 2.24) is 4.72 Å². The van der Waals surface area contributed by atoms with Crippen LogP contribution in [0.1, 0.15) is 18.7 Å². The molecule has 3 N–H and O–H groups in total. The largest absolute Gasteiger partial charge is 0.275 e. The lowest BCUT2D eigenvalue weighted by Crippen LogP contribution is -2.43. The molecule has 1 aromatic rings. The van der Waals surface area contributed by atoms with E-state index in [9.17, 15) is 8.42 Å². The van der Waals surface area contributed by atoms with Gasteiger partial charge in [0.2, 0.25) is 0 Å². The predicted molar refractivity (Wildman–Crippen MR) is 53.6 cm³/mol. The summed E-state index contributed by atoms with van der Waals surface area (Å²) in [5.74, 6) is 0. The monoisotopic (exact) mass is 220 g/mol. The van der Waals surface area contributed by atoms with Crippen LogP contribution in [-0.4, -0.2) is 8.42 Å². The van der Waals surface area contributed by atoms with Gasteiger partial charge >= 0.3 is 0 Å². The average molecular weight is 220 g/mol. The number of hydrogen-bond donors (Lipinski definition) is 2. The number of hydrogen-bond acceptors (Lipinski definition) is 3. The van der Waals surface area contributed by atoms with Crippen LogP contribution in [0, 0.1) is 0 Å². The molecule has 6 heteroatoms. The van der Waals surface area contributed by atoms with Crippen molar-refractivity contribution in [3.05, 3.63) is 22.4 Å². The summed E-state index contributed by atoms with van der Waals surface area (Å²) in [5, 5.41) is 6.78. The Balaban J connectivity index is 2.91. The van der Waals surface area contributed by atoms with Crippen LogP contribution in [0.25, 0.3) is 0 Å². The maximum atomic E-state index is 10.8. The summed E-state index contributed by atoms with van der Waals surface area (Å²) in [6, 6.07) is 3.73. The molecule has 0 radical (unpaired) electrons. The predicted octanol–water partition coefficient (Wildman–Crippen LogP) is 0.776. The molecule has 1 aromatic heterocycles. The van der Waals surface area contributed by atoms with Gasteiger partial charge in [-0.25, -0.2) is 5.14 Å². The molecular formula is C7H12N2O2S2. The third kappa shape index (κ3) is 3.07. The van der Waals surface area contributed by atoms with E-state index in [-0.39, 0.29) is 0 Å². The fourth-order valence-corrected chi connectivity index (χ4v) is 2.73. The summed E-state index contributed by atoms with van der Waals surface area (Å²) in [7, 11) is -3.65. The van der Waals surface area contributed by atoms with Crippen LogP contribution in [0.5, 0.6) is 0 Å². The summed E-state index contributed by atoms with van der Waals surface area (Å²) in [4.78, 5) is 0.932. The first-order valence-electron chi connectivity index (χ1n) is 3.67. The van der Waals surface area contributed by atoms with Gasteiger partial charge in [0.25, 0.3) is 10.2 Å². The number of nitrogens with two attached hydrogens (primary N) is 1. The Morgan fingerprint density at radius 1 is 1.54 bits per heavy atom. The second kappa shape index (κ2) is 3.38. The van der Waals surface area contributed by atoms with E-state index in [0.717, 1.165) is 4.88 Å². The van der Waals surface area contributed by atoms with Gasteiger partial charge in [0, 0.05) is 4.88 Å². The molecule has 0 unspecified atom stereocenters. The SMILES string of the molecule is CC(C)(NS(N)(=O)=O)c1cccs1. The normalized spacial score (nSPS) is 13.2. The van der Waals surface area contributed by atoms with Gasteiger partial charge in [-0.2, -0.15) is 13.1 Å². The van der Waals surface area contributed by atoms with Gasteiger partial charge in [0.15, 0.2) is 0 Å². The van der Waals surface area contributed by atoms with Crippen LogP contribution < -0.4 is 9.86 Å². The van der Waals surface area contributed by atoms with Crippen molar-refractivity contribution in [2.45, 2.75) is 19.4 Å². The van der Waals surface area contributed by atoms with Gasteiger partial charge in [-0.3, -0.25) is 0 Å². The molecule has 0 saturated carbocycles. The molecule has 74 valence electrons. The molecule has 0 fully saturated rings. The summed E-state index contributed by atoms with van der Waals surface area (Å²) in [6.07, 6.45) is 0. The van der Waals surface area contributed by atoms with E-state index >= 15 is 0 Å². The van der Waals surface area contributed by atoms with E-state index in [1.807, 2.05) is 17.5 Å². The fraction of sp³-hybridized carbons (Fsp3) is 0.429. The van der Waals surface area contributed by atoms with Crippen LogP contribution in [0.3, 0.4) is 0 Å². The zero-order chi connectivity index (χ0) is 10.1. The van der Waals surface area contributed by atoms with Crippen LogP contribution in [0.4, 0.5) is 0 Å². The first kappa shape index (κ1) is 10.6. The molecule has 0 aromatic carbocycles. The quantitative estimate of drug-likeness (QED) is 0.790. The van der Waals surface area contributed by atoms with Gasteiger partial charge in [-0.1, -0.05) is 6.07 Å². The standard InChI is InChI=1S/C7H12N2O2S2/c1-7(2,9-13(8,10)11)6-4-3-5-12-6/h3-5,9H,1-2H3,(H2,8,10,11). The van der Waals surface area contributed by atoms with Crippen LogP contribution in [0.2, 0.25) is 0 Å². The van der Waals surface area contributed by atoms with Crippen molar-refractivity contribution in [3.8, 4) is 0 Å². The average Bonchev–Trinajstić information content (AvgIpc) is 2.29. The van der Waals surface area contributed by atoms with Crippen LogP contribution in [-0.2, 0) is 15.7 Å². The molecule has 0 aliphatic heterocycles. The van der Waals surface area contributed by atoms with E-state index in [1.54, 1.807) is 13.8 Å². The zero-order valence-corrected chi connectivity index (χ0v) is 9.08. The van der Waals surface area contributed by atoms with Crippen molar-refractivity contribution in [1.29, 1.82) is 0 Å². The maximum Gasteiger partial charge on any atom is 0.275 e. The van der Waals surface area contributed by atoms with Crippen molar-refractivity contribution < 1.29 is 8.42 Å². The zero-order valence-electron chi connectivity index (χ0n) is 7.44. The topological polar surface area (TPSA) is 72.2 Å². The maximum absolute atomic E-state index is 10.8. The second-order valence-electron chi connectivity index (χ2n) is 3.25. The number of rotatable bonds is 3. The lowest BCUT2D eigenvalue weighted by molar-refractivity contribution is 0.480. The highest BCUT2D eigenvalue weighted by atomic mass is 32.2. The van der Waals surface area contributed by atoms with Gasteiger partial charge in [0.1, 0.15) is 0 Å². The Kier molecular flexibility index (Phi) is 2.76.